The number of fused-ring (bicyclic) bond motifs is 1. The first-order chi connectivity index (χ1) is 7.22. The van der Waals surface area contributed by atoms with Crippen LogP contribution in [0.5, 0.6) is 5.75 Å². The largest absolute Gasteiger partial charge is 0.496 e. The van der Waals surface area contributed by atoms with Crippen LogP contribution < -0.4 is 4.74 Å². The molecule has 0 spiro atoms. The van der Waals surface area contributed by atoms with Crippen LogP contribution in [-0.4, -0.2) is 12.1 Å². The van der Waals surface area contributed by atoms with Gasteiger partial charge < -0.3 is 4.74 Å². The fraction of sp³-hybridized carbons (Fsp3) is 0.308. The molecule has 0 aliphatic carbocycles. The molecule has 0 saturated heterocycles. The standard InChI is InChI=1S/C13H15NO/c1-9(2)10-4-5-12-11(8-10)13(15-3)6-7-14-12/h4-9H,1-3H3. The summed E-state index contributed by atoms with van der Waals surface area (Å²) in [6.07, 6.45) is 1.77. The lowest BCUT2D eigenvalue weighted by atomic mass is 10.0. The Morgan fingerprint density at radius 2 is 2.00 bits per heavy atom. The SMILES string of the molecule is COc1ccnc2ccc(C(C)C)cc12. The minimum Gasteiger partial charge on any atom is -0.496 e. The first kappa shape index (κ1) is 9.97. The molecule has 2 aromatic rings. The van der Waals surface area contributed by atoms with E-state index in [9.17, 15) is 0 Å². The molecule has 78 valence electrons. The fourth-order valence-electron chi connectivity index (χ4n) is 1.68. The van der Waals surface area contributed by atoms with Crippen LogP contribution in [0.25, 0.3) is 10.9 Å². The number of nitrogens with zero attached hydrogens (tertiary/aromatic N) is 1. The lowest BCUT2D eigenvalue weighted by Crippen LogP contribution is -1.91. The maximum Gasteiger partial charge on any atom is 0.129 e. The zero-order chi connectivity index (χ0) is 10.8. The van der Waals surface area contributed by atoms with Gasteiger partial charge in [0.1, 0.15) is 5.75 Å². The van der Waals surface area contributed by atoms with Crippen LogP contribution in [0, 0.1) is 0 Å². The van der Waals surface area contributed by atoms with Crippen LogP contribution in [0.3, 0.4) is 0 Å². The Morgan fingerprint density at radius 3 is 2.67 bits per heavy atom. The van der Waals surface area contributed by atoms with E-state index in [-0.39, 0.29) is 0 Å². The molecule has 0 fully saturated rings. The third-order valence-electron chi connectivity index (χ3n) is 2.61. The quantitative estimate of drug-likeness (QED) is 0.743. The van der Waals surface area contributed by atoms with Crippen LogP contribution in [0.1, 0.15) is 25.3 Å². The molecule has 0 aliphatic rings. The van der Waals surface area contributed by atoms with Crippen molar-refractivity contribution in [1.82, 2.24) is 4.98 Å². The fourth-order valence-corrected chi connectivity index (χ4v) is 1.68. The maximum absolute atomic E-state index is 5.32. The van der Waals surface area contributed by atoms with E-state index < -0.39 is 0 Å². The van der Waals surface area contributed by atoms with Gasteiger partial charge >= 0.3 is 0 Å². The van der Waals surface area contributed by atoms with E-state index in [1.165, 1.54) is 5.56 Å². The number of pyridine rings is 1. The Morgan fingerprint density at radius 1 is 1.20 bits per heavy atom. The minimum absolute atomic E-state index is 0.527. The van der Waals surface area contributed by atoms with Crippen LogP contribution in [0.2, 0.25) is 0 Å². The van der Waals surface area contributed by atoms with Crippen LogP contribution >= 0.6 is 0 Å². The lowest BCUT2D eigenvalue weighted by Gasteiger charge is -2.09. The lowest BCUT2D eigenvalue weighted by molar-refractivity contribution is 0.419. The maximum atomic E-state index is 5.32. The molecule has 1 aromatic heterocycles. The van der Waals surface area contributed by atoms with Crippen molar-refractivity contribution in [1.29, 1.82) is 0 Å². The van der Waals surface area contributed by atoms with Crippen molar-refractivity contribution in [3.8, 4) is 5.75 Å². The second-order valence-corrected chi connectivity index (χ2v) is 3.94. The van der Waals surface area contributed by atoms with Gasteiger partial charge in [-0.3, -0.25) is 4.98 Å². The summed E-state index contributed by atoms with van der Waals surface area (Å²) in [7, 11) is 1.69. The summed E-state index contributed by atoms with van der Waals surface area (Å²) in [6.45, 7) is 4.37. The Kier molecular flexibility index (Phi) is 2.58. The Bertz CT molecular complexity index is 477. The smallest absolute Gasteiger partial charge is 0.129 e. The summed E-state index contributed by atoms with van der Waals surface area (Å²) in [4.78, 5) is 4.31. The second-order valence-electron chi connectivity index (χ2n) is 3.94. The highest BCUT2D eigenvalue weighted by Crippen LogP contribution is 2.26. The normalized spacial score (nSPS) is 10.9. The molecule has 0 unspecified atom stereocenters. The van der Waals surface area contributed by atoms with Gasteiger partial charge in [-0.15, -0.1) is 0 Å². The summed E-state index contributed by atoms with van der Waals surface area (Å²) in [6, 6.07) is 8.23. The highest BCUT2D eigenvalue weighted by atomic mass is 16.5. The van der Waals surface area contributed by atoms with Crippen molar-refractivity contribution in [3.05, 3.63) is 36.0 Å². The Hall–Kier alpha value is -1.57. The molecular weight excluding hydrogens is 186 g/mol. The van der Waals surface area contributed by atoms with Crippen molar-refractivity contribution < 1.29 is 4.74 Å². The summed E-state index contributed by atoms with van der Waals surface area (Å²) < 4.78 is 5.32. The molecule has 2 rings (SSSR count). The third kappa shape index (κ3) is 1.80. The van der Waals surface area contributed by atoms with Gasteiger partial charge in [-0.1, -0.05) is 19.9 Å². The van der Waals surface area contributed by atoms with E-state index in [0.717, 1.165) is 16.7 Å². The molecule has 1 aromatic carbocycles. The van der Waals surface area contributed by atoms with Gasteiger partial charge in [0.2, 0.25) is 0 Å². The number of rotatable bonds is 2. The molecule has 0 atom stereocenters. The molecule has 1 heterocycles. The number of methoxy groups -OCH3 is 1. The summed E-state index contributed by atoms with van der Waals surface area (Å²) >= 11 is 0. The van der Waals surface area contributed by atoms with Gasteiger partial charge in [-0.25, -0.2) is 0 Å². The van der Waals surface area contributed by atoms with Gasteiger partial charge in [-0.2, -0.15) is 0 Å². The minimum atomic E-state index is 0.527. The van der Waals surface area contributed by atoms with E-state index >= 15 is 0 Å². The predicted molar refractivity (Wildman–Crippen MR) is 62.4 cm³/mol. The Balaban J connectivity index is 2.67. The highest BCUT2D eigenvalue weighted by Gasteiger charge is 2.05. The van der Waals surface area contributed by atoms with Crippen molar-refractivity contribution in [2.45, 2.75) is 19.8 Å². The van der Waals surface area contributed by atoms with Crippen molar-refractivity contribution in [2.75, 3.05) is 7.11 Å². The predicted octanol–water partition coefficient (Wildman–Crippen LogP) is 3.37. The molecule has 0 amide bonds. The van der Waals surface area contributed by atoms with Gasteiger partial charge in [0.05, 0.1) is 12.6 Å². The number of benzene rings is 1. The number of ether oxygens (including phenoxy) is 1. The average molecular weight is 201 g/mol. The molecule has 0 N–H and O–H groups in total. The summed E-state index contributed by atoms with van der Waals surface area (Å²) in [5.41, 5.74) is 2.30. The molecule has 2 heteroatoms. The summed E-state index contributed by atoms with van der Waals surface area (Å²) in [5.74, 6) is 1.42. The molecule has 0 radical (unpaired) electrons. The van der Waals surface area contributed by atoms with Gasteiger partial charge in [-0.05, 0) is 29.7 Å². The van der Waals surface area contributed by atoms with Crippen LogP contribution in [0.15, 0.2) is 30.5 Å². The van der Waals surface area contributed by atoms with Gasteiger partial charge in [0, 0.05) is 11.6 Å². The highest BCUT2D eigenvalue weighted by molar-refractivity contribution is 5.85. The number of aromatic nitrogens is 1. The van der Waals surface area contributed by atoms with E-state index in [1.807, 2.05) is 12.1 Å². The van der Waals surface area contributed by atoms with Crippen molar-refractivity contribution >= 4 is 10.9 Å². The van der Waals surface area contributed by atoms with E-state index in [0.29, 0.717) is 5.92 Å². The molecular formula is C13H15NO. The monoisotopic (exact) mass is 201 g/mol. The zero-order valence-electron chi connectivity index (χ0n) is 9.32. The summed E-state index contributed by atoms with van der Waals surface area (Å²) in [5, 5.41) is 1.09. The number of hydrogen-bond acceptors (Lipinski definition) is 2. The van der Waals surface area contributed by atoms with Gasteiger partial charge in [0.25, 0.3) is 0 Å². The van der Waals surface area contributed by atoms with Crippen LogP contribution in [0.4, 0.5) is 0 Å². The molecule has 0 bridgehead atoms. The van der Waals surface area contributed by atoms with Crippen LogP contribution in [-0.2, 0) is 0 Å². The molecule has 2 nitrogen and oxygen atoms in total. The van der Waals surface area contributed by atoms with E-state index in [4.69, 9.17) is 4.74 Å². The van der Waals surface area contributed by atoms with Crippen molar-refractivity contribution in [2.24, 2.45) is 0 Å². The van der Waals surface area contributed by atoms with Crippen molar-refractivity contribution in [3.63, 3.8) is 0 Å². The second kappa shape index (κ2) is 3.89. The molecule has 0 aliphatic heterocycles. The van der Waals surface area contributed by atoms with Gasteiger partial charge in [0.15, 0.2) is 0 Å². The molecule has 0 saturated carbocycles. The molecule has 15 heavy (non-hydrogen) atoms. The topological polar surface area (TPSA) is 22.1 Å². The average Bonchev–Trinajstić information content (AvgIpc) is 2.27. The first-order valence-corrected chi connectivity index (χ1v) is 5.15. The zero-order valence-corrected chi connectivity index (χ0v) is 9.32. The Labute approximate surface area is 89.9 Å². The number of hydrogen-bond donors (Lipinski definition) is 0. The third-order valence-corrected chi connectivity index (χ3v) is 2.61. The van der Waals surface area contributed by atoms with E-state index in [2.05, 4.69) is 31.0 Å². The first-order valence-electron chi connectivity index (χ1n) is 5.15. The van der Waals surface area contributed by atoms with E-state index in [1.54, 1.807) is 13.3 Å².